The molecule has 1 amide bonds. The molecule has 0 radical (unpaired) electrons. The van der Waals surface area contributed by atoms with Crippen LogP contribution in [0.15, 0.2) is 40.0 Å². The van der Waals surface area contributed by atoms with Gasteiger partial charge in [-0.25, -0.2) is 4.99 Å². The Bertz CT molecular complexity index is 527. The number of nitrogens with zero attached hydrogens (tertiary/aromatic N) is 1. The summed E-state index contributed by atoms with van der Waals surface area (Å²) in [6.07, 6.45) is 2.40. The number of nitrogens with one attached hydrogen (secondary N) is 3. The van der Waals surface area contributed by atoms with Crippen molar-refractivity contribution in [1.82, 2.24) is 16.0 Å². The lowest BCUT2D eigenvalue weighted by Crippen LogP contribution is -2.43. The number of carbonyl (C=O) groups excluding carboxylic acids is 1. The molecule has 1 aromatic heterocycles. The summed E-state index contributed by atoms with van der Waals surface area (Å²) in [7, 11) is 0. The third-order valence-electron chi connectivity index (χ3n) is 2.70. The third kappa shape index (κ3) is 9.39. The molecular formula is C17H28N4O2. The summed E-state index contributed by atoms with van der Waals surface area (Å²) in [4.78, 5) is 16.2. The van der Waals surface area contributed by atoms with Crippen LogP contribution in [-0.2, 0) is 11.2 Å². The molecule has 0 saturated heterocycles. The van der Waals surface area contributed by atoms with Gasteiger partial charge in [0, 0.05) is 25.0 Å². The van der Waals surface area contributed by atoms with Gasteiger partial charge in [-0.1, -0.05) is 12.2 Å². The highest BCUT2D eigenvalue weighted by Gasteiger charge is 2.13. The van der Waals surface area contributed by atoms with Gasteiger partial charge in [0.2, 0.25) is 5.91 Å². The lowest BCUT2D eigenvalue weighted by molar-refractivity contribution is -0.121. The minimum atomic E-state index is -0.259. The molecule has 3 N–H and O–H groups in total. The fourth-order valence-corrected chi connectivity index (χ4v) is 1.78. The number of hydrogen-bond acceptors (Lipinski definition) is 3. The van der Waals surface area contributed by atoms with E-state index in [1.165, 1.54) is 0 Å². The van der Waals surface area contributed by atoms with Crippen molar-refractivity contribution in [3.63, 3.8) is 0 Å². The van der Waals surface area contributed by atoms with Gasteiger partial charge in [0.05, 0.1) is 6.26 Å². The average molecular weight is 320 g/mol. The second kappa shape index (κ2) is 9.02. The smallest absolute Gasteiger partial charge is 0.242 e. The van der Waals surface area contributed by atoms with Gasteiger partial charge in [-0.2, -0.15) is 0 Å². The summed E-state index contributed by atoms with van der Waals surface area (Å²) < 4.78 is 5.29. The van der Waals surface area contributed by atoms with E-state index in [4.69, 9.17) is 4.42 Å². The van der Waals surface area contributed by atoms with Gasteiger partial charge in [0.25, 0.3) is 0 Å². The molecule has 23 heavy (non-hydrogen) atoms. The predicted molar refractivity (Wildman–Crippen MR) is 93.4 cm³/mol. The summed E-state index contributed by atoms with van der Waals surface area (Å²) in [5.41, 5.74) is 0.731. The highest BCUT2D eigenvalue weighted by atomic mass is 16.3. The molecule has 0 spiro atoms. The van der Waals surface area contributed by atoms with Crippen molar-refractivity contribution in [2.75, 3.05) is 19.6 Å². The Labute approximate surface area is 138 Å². The van der Waals surface area contributed by atoms with E-state index in [1.807, 2.05) is 39.8 Å². The topological polar surface area (TPSA) is 78.7 Å². The van der Waals surface area contributed by atoms with Crippen LogP contribution in [0.3, 0.4) is 0 Å². The monoisotopic (exact) mass is 320 g/mol. The number of carbonyl (C=O) groups is 1. The number of aliphatic imine (C=N–C) groups is 1. The first-order chi connectivity index (χ1) is 10.8. The minimum Gasteiger partial charge on any atom is -0.469 e. The Kier molecular flexibility index (Phi) is 7.38. The quantitative estimate of drug-likeness (QED) is 0.407. The standard InChI is InChI=1S/C17H28N4O2/c1-13(2)11-19-16(18-9-8-14-7-6-10-23-14)20-12-15(22)21-17(3,4)5/h6-7,10H,1,8-9,11-12H2,2-5H3,(H,21,22)(H2,18,19,20). The SMILES string of the molecule is C=C(C)CNC(=NCC(=O)NC(C)(C)C)NCCc1ccco1. The summed E-state index contributed by atoms with van der Waals surface area (Å²) in [5.74, 6) is 1.38. The first-order valence-corrected chi connectivity index (χ1v) is 7.76. The van der Waals surface area contributed by atoms with Gasteiger partial charge >= 0.3 is 0 Å². The van der Waals surface area contributed by atoms with E-state index in [9.17, 15) is 4.79 Å². The van der Waals surface area contributed by atoms with Crippen LogP contribution < -0.4 is 16.0 Å². The Morgan fingerprint density at radius 3 is 2.65 bits per heavy atom. The van der Waals surface area contributed by atoms with Gasteiger partial charge in [0.1, 0.15) is 12.3 Å². The second-order valence-electron chi connectivity index (χ2n) is 6.53. The molecule has 0 aliphatic heterocycles. The Morgan fingerprint density at radius 1 is 1.35 bits per heavy atom. The van der Waals surface area contributed by atoms with E-state index < -0.39 is 0 Å². The van der Waals surface area contributed by atoms with E-state index in [0.29, 0.717) is 19.0 Å². The first kappa shape index (κ1) is 18.8. The molecule has 1 rings (SSSR count). The predicted octanol–water partition coefficient (Wildman–Crippen LogP) is 1.85. The van der Waals surface area contributed by atoms with Crippen molar-refractivity contribution in [3.05, 3.63) is 36.3 Å². The fraction of sp³-hybridized carbons (Fsp3) is 0.529. The maximum absolute atomic E-state index is 11.9. The van der Waals surface area contributed by atoms with Crippen molar-refractivity contribution in [2.45, 2.75) is 39.7 Å². The first-order valence-electron chi connectivity index (χ1n) is 7.76. The maximum atomic E-state index is 11.9. The average Bonchev–Trinajstić information content (AvgIpc) is 2.92. The van der Waals surface area contributed by atoms with Crippen LogP contribution in [0.2, 0.25) is 0 Å². The van der Waals surface area contributed by atoms with E-state index in [-0.39, 0.29) is 18.0 Å². The van der Waals surface area contributed by atoms with Gasteiger partial charge < -0.3 is 20.4 Å². The van der Waals surface area contributed by atoms with Crippen LogP contribution in [-0.4, -0.2) is 37.0 Å². The fourth-order valence-electron chi connectivity index (χ4n) is 1.78. The number of rotatable bonds is 7. The largest absolute Gasteiger partial charge is 0.469 e. The zero-order valence-corrected chi connectivity index (χ0v) is 14.5. The van der Waals surface area contributed by atoms with Gasteiger partial charge in [-0.05, 0) is 39.8 Å². The molecule has 128 valence electrons. The molecule has 0 aliphatic rings. The van der Waals surface area contributed by atoms with Crippen molar-refractivity contribution in [2.24, 2.45) is 4.99 Å². The van der Waals surface area contributed by atoms with E-state index in [2.05, 4.69) is 27.5 Å². The van der Waals surface area contributed by atoms with Gasteiger partial charge in [-0.15, -0.1) is 0 Å². The molecule has 0 saturated carbocycles. The molecule has 6 heteroatoms. The van der Waals surface area contributed by atoms with Crippen LogP contribution in [0.25, 0.3) is 0 Å². The lowest BCUT2D eigenvalue weighted by Gasteiger charge is -2.20. The van der Waals surface area contributed by atoms with Crippen LogP contribution in [0.5, 0.6) is 0 Å². The lowest BCUT2D eigenvalue weighted by atomic mass is 10.1. The van der Waals surface area contributed by atoms with Crippen LogP contribution in [0.4, 0.5) is 0 Å². The van der Waals surface area contributed by atoms with Crippen molar-refractivity contribution in [1.29, 1.82) is 0 Å². The van der Waals surface area contributed by atoms with Crippen molar-refractivity contribution >= 4 is 11.9 Å². The normalized spacial score (nSPS) is 11.9. The van der Waals surface area contributed by atoms with Crippen LogP contribution in [0.1, 0.15) is 33.5 Å². The van der Waals surface area contributed by atoms with Gasteiger partial charge in [0.15, 0.2) is 5.96 Å². The molecule has 6 nitrogen and oxygen atoms in total. The molecule has 1 heterocycles. The molecular weight excluding hydrogens is 292 g/mol. The molecule has 0 aliphatic carbocycles. The Morgan fingerprint density at radius 2 is 2.09 bits per heavy atom. The minimum absolute atomic E-state index is 0.0730. The summed E-state index contributed by atoms with van der Waals surface area (Å²) >= 11 is 0. The number of guanidine groups is 1. The second-order valence-corrected chi connectivity index (χ2v) is 6.53. The van der Waals surface area contributed by atoms with Crippen LogP contribution in [0, 0.1) is 0 Å². The number of furan rings is 1. The zero-order valence-electron chi connectivity index (χ0n) is 14.5. The third-order valence-corrected chi connectivity index (χ3v) is 2.70. The Balaban J connectivity index is 2.50. The molecule has 0 atom stereocenters. The highest BCUT2D eigenvalue weighted by Crippen LogP contribution is 1.99. The van der Waals surface area contributed by atoms with Crippen LogP contribution >= 0.6 is 0 Å². The number of amides is 1. The molecule has 0 aromatic carbocycles. The van der Waals surface area contributed by atoms with Crippen molar-refractivity contribution in [3.8, 4) is 0 Å². The molecule has 0 unspecified atom stereocenters. The number of hydrogen-bond donors (Lipinski definition) is 3. The highest BCUT2D eigenvalue weighted by molar-refractivity contribution is 5.85. The van der Waals surface area contributed by atoms with E-state index in [0.717, 1.165) is 17.8 Å². The maximum Gasteiger partial charge on any atom is 0.242 e. The zero-order chi connectivity index (χ0) is 17.3. The molecule has 1 aromatic rings. The van der Waals surface area contributed by atoms with Crippen molar-refractivity contribution < 1.29 is 9.21 Å². The van der Waals surface area contributed by atoms with E-state index in [1.54, 1.807) is 6.26 Å². The van der Waals surface area contributed by atoms with Gasteiger partial charge in [-0.3, -0.25) is 4.79 Å². The summed E-state index contributed by atoms with van der Waals surface area (Å²) in [5, 5.41) is 9.22. The molecule has 0 bridgehead atoms. The Hall–Kier alpha value is -2.24. The van der Waals surface area contributed by atoms with E-state index >= 15 is 0 Å². The summed E-state index contributed by atoms with van der Waals surface area (Å²) in [6.45, 7) is 12.9. The molecule has 0 fully saturated rings. The summed E-state index contributed by atoms with van der Waals surface area (Å²) in [6, 6.07) is 3.79.